The average Bonchev–Trinajstić information content (AvgIpc) is 2.33. The van der Waals surface area contributed by atoms with Crippen molar-refractivity contribution in [2.45, 2.75) is 38.8 Å². The fourth-order valence-corrected chi connectivity index (χ4v) is 1.67. The Labute approximate surface area is 111 Å². The van der Waals surface area contributed by atoms with Crippen LogP contribution in [0, 0.1) is 0 Å². The normalized spacial score (nSPS) is 13.5. The molecule has 2 atom stereocenters. The largest absolute Gasteiger partial charge is 0.480 e. The van der Waals surface area contributed by atoms with Crippen LogP contribution in [-0.4, -0.2) is 47.0 Å². The van der Waals surface area contributed by atoms with Crippen LogP contribution in [0.15, 0.2) is 0 Å². The summed E-state index contributed by atoms with van der Waals surface area (Å²) in [5, 5.41) is 13.8. The van der Waals surface area contributed by atoms with Crippen LogP contribution >= 0.6 is 11.8 Å². The van der Waals surface area contributed by atoms with Crippen molar-refractivity contribution in [3.63, 3.8) is 0 Å². The van der Waals surface area contributed by atoms with Gasteiger partial charge in [0.1, 0.15) is 12.1 Å². The van der Waals surface area contributed by atoms with Gasteiger partial charge in [0, 0.05) is 6.42 Å². The third kappa shape index (κ3) is 6.48. The minimum absolute atomic E-state index is 0.242. The van der Waals surface area contributed by atoms with E-state index in [0.717, 1.165) is 0 Å². The first-order chi connectivity index (χ1) is 8.42. The summed E-state index contributed by atoms with van der Waals surface area (Å²) in [7, 11) is 0. The molecule has 0 unspecified atom stereocenters. The van der Waals surface area contributed by atoms with Gasteiger partial charge >= 0.3 is 5.97 Å². The van der Waals surface area contributed by atoms with Crippen molar-refractivity contribution in [3.05, 3.63) is 0 Å². The fraction of sp³-hybridized carbons (Fsp3) is 0.727. The van der Waals surface area contributed by atoms with Crippen molar-refractivity contribution < 1.29 is 19.5 Å². The van der Waals surface area contributed by atoms with Crippen molar-refractivity contribution in [2.75, 3.05) is 12.0 Å². The van der Waals surface area contributed by atoms with Gasteiger partial charge in [0.15, 0.2) is 0 Å². The Morgan fingerprint density at radius 2 is 1.89 bits per heavy atom. The molecule has 0 aromatic carbocycles. The van der Waals surface area contributed by atoms with Crippen molar-refractivity contribution in [3.8, 4) is 0 Å². The first kappa shape index (κ1) is 16.8. The summed E-state index contributed by atoms with van der Waals surface area (Å²) in [6, 6.07) is -1.64. The van der Waals surface area contributed by atoms with Crippen LogP contribution in [0.2, 0.25) is 0 Å². The highest BCUT2D eigenvalue weighted by Gasteiger charge is 2.23. The van der Waals surface area contributed by atoms with E-state index in [1.54, 1.807) is 6.92 Å². The fourth-order valence-electron chi connectivity index (χ4n) is 1.20. The molecule has 0 heterocycles. The van der Waals surface area contributed by atoms with Crippen molar-refractivity contribution in [1.82, 2.24) is 10.6 Å². The molecule has 0 saturated carbocycles. The lowest BCUT2D eigenvalue weighted by Crippen LogP contribution is -2.50. The molecular formula is C11H20N2O4S. The average molecular weight is 276 g/mol. The number of amides is 2. The molecule has 0 aromatic rings. The van der Waals surface area contributed by atoms with Crippen LogP contribution in [0.3, 0.4) is 0 Å². The Bertz CT molecular complexity index is 309. The summed E-state index contributed by atoms with van der Waals surface area (Å²) in [6.45, 7) is 3.20. The van der Waals surface area contributed by atoms with E-state index in [1.807, 2.05) is 6.26 Å². The van der Waals surface area contributed by atoms with Gasteiger partial charge in [0.05, 0.1) is 0 Å². The number of aliphatic carboxylic acids is 1. The molecule has 0 saturated heterocycles. The van der Waals surface area contributed by atoms with Crippen molar-refractivity contribution >= 4 is 29.5 Å². The second-order valence-corrected chi connectivity index (χ2v) is 4.81. The van der Waals surface area contributed by atoms with Gasteiger partial charge in [-0.1, -0.05) is 6.92 Å². The van der Waals surface area contributed by atoms with Gasteiger partial charge in [0.2, 0.25) is 11.8 Å². The lowest BCUT2D eigenvalue weighted by Gasteiger charge is -2.18. The van der Waals surface area contributed by atoms with E-state index >= 15 is 0 Å². The molecule has 18 heavy (non-hydrogen) atoms. The van der Waals surface area contributed by atoms with Crippen molar-refractivity contribution in [1.29, 1.82) is 0 Å². The highest BCUT2D eigenvalue weighted by molar-refractivity contribution is 7.98. The first-order valence-electron chi connectivity index (χ1n) is 5.73. The number of carboxylic acid groups (broad SMARTS) is 1. The van der Waals surface area contributed by atoms with Gasteiger partial charge in [0.25, 0.3) is 0 Å². The quantitative estimate of drug-likeness (QED) is 0.589. The molecule has 0 aliphatic rings. The highest BCUT2D eigenvalue weighted by atomic mass is 32.2. The Hall–Kier alpha value is -1.24. The maximum Gasteiger partial charge on any atom is 0.326 e. The van der Waals surface area contributed by atoms with Crippen molar-refractivity contribution in [2.24, 2.45) is 0 Å². The van der Waals surface area contributed by atoms with E-state index in [0.29, 0.717) is 12.2 Å². The zero-order valence-electron chi connectivity index (χ0n) is 10.9. The van der Waals surface area contributed by atoms with E-state index in [2.05, 4.69) is 10.6 Å². The summed E-state index contributed by atoms with van der Waals surface area (Å²) in [5.41, 5.74) is 0. The third-order valence-electron chi connectivity index (χ3n) is 2.32. The summed E-state index contributed by atoms with van der Waals surface area (Å²) in [4.78, 5) is 33.7. The molecule has 0 fully saturated rings. The SMILES string of the molecule is CCC(=O)N[C@@H](C)C(=O)N[C@@H](CCSC)C(=O)O. The zero-order chi connectivity index (χ0) is 14.1. The number of carbonyl (C=O) groups is 3. The maximum atomic E-state index is 11.7. The predicted molar refractivity (Wildman–Crippen MR) is 70.5 cm³/mol. The summed E-state index contributed by atoms with van der Waals surface area (Å²) in [6.07, 6.45) is 2.51. The monoisotopic (exact) mass is 276 g/mol. The number of thioether (sulfide) groups is 1. The highest BCUT2D eigenvalue weighted by Crippen LogP contribution is 2.01. The van der Waals surface area contributed by atoms with E-state index in [-0.39, 0.29) is 12.3 Å². The molecule has 0 aromatic heterocycles. The van der Waals surface area contributed by atoms with Gasteiger partial charge in [-0.15, -0.1) is 0 Å². The molecule has 6 nitrogen and oxygen atoms in total. The van der Waals surface area contributed by atoms with E-state index in [4.69, 9.17) is 5.11 Å². The standard InChI is InChI=1S/C11H20N2O4S/c1-4-9(14)12-7(2)10(15)13-8(11(16)17)5-6-18-3/h7-8H,4-6H2,1-3H3,(H,12,14)(H,13,15)(H,16,17)/t7-,8-/m0/s1. The number of nitrogens with one attached hydrogen (secondary N) is 2. The molecule has 0 radical (unpaired) electrons. The molecule has 2 amide bonds. The van der Waals surface area contributed by atoms with Crippen LogP contribution in [0.4, 0.5) is 0 Å². The van der Waals surface area contributed by atoms with E-state index in [1.165, 1.54) is 18.7 Å². The molecule has 3 N–H and O–H groups in total. The Kier molecular flexibility index (Phi) is 8.19. The van der Waals surface area contributed by atoms with Crippen LogP contribution in [0.25, 0.3) is 0 Å². The Balaban J connectivity index is 4.31. The third-order valence-corrected chi connectivity index (χ3v) is 2.96. The smallest absolute Gasteiger partial charge is 0.326 e. The lowest BCUT2D eigenvalue weighted by atomic mass is 10.2. The molecule has 104 valence electrons. The molecule has 0 aliphatic heterocycles. The van der Waals surface area contributed by atoms with Gasteiger partial charge < -0.3 is 15.7 Å². The lowest BCUT2D eigenvalue weighted by molar-refractivity contribution is -0.142. The topological polar surface area (TPSA) is 95.5 Å². The van der Waals surface area contributed by atoms with Crippen LogP contribution < -0.4 is 10.6 Å². The summed E-state index contributed by atoms with van der Waals surface area (Å²) >= 11 is 1.51. The maximum absolute atomic E-state index is 11.7. The number of hydrogen-bond donors (Lipinski definition) is 3. The second kappa shape index (κ2) is 8.79. The number of carbonyl (C=O) groups excluding carboxylic acids is 2. The molecule has 0 spiro atoms. The van der Waals surface area contributed by atoms with E-state index < -0.39 is 24.0 Å². The molecule has 7 heteroatoms. The summed E-state index contributed by atoms with van der Waals surface area (Å²) in [5.74, 6) is -1.14. The number of carboxylic acids is 1. The predicted octanol–water partition coefficient (Wildman–Crippen LogP) is 0.224. The van der Waals surface area contributed by atoms with Crippen LogP contribution in [-0.2, 0) is 14.4 Å². The second-order valence-electron chi connectivity index (χ2n) is 3.82. The molecule has 0 rings (SSSR count). The van der Waals surface area contributed by atoms with Gasteiger partial charge in [-0.25, -0.2) is 4.79 Å². The van der Waals surface area contributed by atoms with Gasteiger partial charge in [-0.3, -0.25) is 9.59 Å². The van der Waals surface area contributed by atoms with Gasteiger partial charge in [-0.05, 0) is 25.4 Å². The molecule has 0 bridgehead atoms. The first-order valence-corrected chi connectivity index (χ1v) is 7.13. The molecule has 0 aliphatic carbocycles. The van der Waals surface area contributed by atoms with Gasteiger partial charge in [-0.2, -0.15) is 11.8 Å². The van der Waals surface area contributed by atoms with Crippen LogP contribution in [0.5, 0.6) is 0 Å². The minimum atomic E-state index is -1.06. The van der Waals surface area contributed by atoms with Crippen LogP contribution in [0.1, 0.15) is 26.7 Å². The summed E-state index contributed by atoms with van der Waals surface area (Å²) < 4.78 is 0. The minimum Gasteiger partial charge on any atom is -0.480 e. The number of rotatable bonds is 8. The zero-order valence-corrected chi connectivity index (χ0v) is 11.7. The Morgan fingerprint density at radius 1 is 1.28 bits per heavy atom. The Morgan fingerprint density at radius 3 is 2.33 bits per heavy atom. The van der Waals surface area contributed by atoms with E-state index in [9.17, 15) is 14.4 Å². The number of hydrogen-bond acceptors (Lipinski definition) is 4. The molecular weight excluding hydrogens is 256 g/mol.